The Morgan fingerprint density at radius 2 is 1.81 bits per heavy atom. The molecule has 0 radical (unpaired) electrons. The topological polar surface area (TPSA) is 15.3 Å². The molecule has 2 aliphatic rings. The van der Waals surface area contributed by atoms with Gasteiger partial charge in [-0.1, -0.05) is 20.8 Å². The van der Waals surface area contributed by atoms with Crippen molar-refractivity contribution >= 4 is 0 Å². The van der Waals surface area contributed by atoms with E-state index in [9.17, 15) is 0 Å². The summed E-state index contributed by atoms with van der Waals surface area (Å²) in [5.41, 5.74) is 0.429. The second-order valence-electron chi connectivity index (χ2n) is 7.06. The maximum Gasteiger partial charge on any atom is 0.0133 e. The molecule has 94 valence electrons. The average Bonchev–Trinajstić information content (AvgIpc) is 2.81. The molecule has 0 aromatic heterocycles. The third kappa shape index (κ3) is 3.46. The lowest BCUT2D eigenvalue weighted by Gasteiger charge is -2.45. The number of hydrogen-bond acceptors (Lipinski definition) is 2. The second kappa shape index (κ2) is 4.66. The number of nitrogens with one attached hydrogen (secondary N) is 1. The highest BCUT2D eigenvalue weighted by atomic mass is 15.2. The molecule has 2 rings (SSSR count). The van der Waals surface area contributed by atoms with E-state index in [1.807, 2.05) is 0 Å². The van der Waals surface area contributed by atoms with Crippen LogP contribution in [0.2, 0.25) is 0 Å². The first-order valence-corrected chi connectivity index (χ1v) is 6.89. The molecule has 0 saturated heterocycles. The van der Waals surface area contributed by atoms with E-state index in [0.717, 1.165) is 18.0 Å². The summed E-state index contributed by atoms with van der Waals surface area (Å²) >= 11 is 0. The van der Waals surface area contributed by atoms with Gasteiger partial charge in [-0.2, -0.15) is 0 Å². The molecule has 2 atom stereocenters. The van der Waals surface area contributed by atoms with Crippen molar-refractivity contribution in [2.45, 2.75) is 58.5 Å². The molecule has 2 saturated carbocycles. The minimum atomic E-state index is 0.429. The fourth-order valence-electron chi connectivity index (χ4n) is 2.84. The van der Waals surface area contributed by atoms with E-state index in [2.05, 4.69) is 38.0 Å². The van der Waals surface area contributed by atoms with Crippen LogP contribution >= 0.6 is 0 Å². The van der Waals surface area contributed by atoms with Gasteiger partial charge < -0.3 is 10.2 Å². The van der Waals surface area contributed by atoms with Crippen molar-refractivity contribution < 1.29 is 0 Å². The highest BCUT2D eigenvalue weighted by Crippen LogP contribution is 2.33. The van der Waals surface area contributed by atoms with Crippen LogP contribution in [0.5, 0.6) is 0 Å². The zero-order chi connectivity index (χ0) is 11.8. The van der Waals surface area contributed by atoms with E-state index in [-0.39, 0.29) is 0 Å². The molecule has 0 heterocycles. The maximum atomic E-state index is 3.68. The lowest BCUT2D eigenvalue weighted by Crippen LogP contribution is -2.51. The smallest absolute Gasteiger partial charge is 0.0133 e. The van der Waals surface area contributed by atoms with Crippen molar-refractivity contribution in [1.29, 1.82) is 0 Å². The maximum absolute atomic E-state index is 3.68. The molecule has 2 fully saturated rings. The summed E-state index contributed by atoms with van der Waals surface area (Å²) in [5.74, 6) is 0.910. The fraction of sp³-hybridized carbons (Fsp3) is 1.00. The van der Waals surface area contributed by atoms with Crippen molar-refractivity contribution in [2.75, 3.05) is 20.1 Å². The summed E-state index contributed by atoms with van der Waals surface area (Å²) in [5, 5.41) is 3.68. The molecule has 2 nitrogen and oxygen atoms in total. The molecular formula is C14H28N2. The quantitative estimate of drug-likeness (QED) is 0.772. The van der Waals surface area contributed by atoms with Gasteiger partial charge in [-0.15, -0.1) is 0 Å². The Hall–Kier alpha value is -0.0800. The predicted octanol–water partition coefficient (Wildman–Crippen LogP) is 2.49. The third-order valence-electron chi connectivity index (χ3n) is 3.91. The number of nitrogens with zero attached hydrogens (tertiary/aromatic N) is 1. The molecule has 0 aromatic carbocycles. The van der Waals surface area contributed by atoms with Crippen LogP contribution in [-0.2, 0) is 0 Å². The van der Waals surface area contributed by atoms with Crippen molar-refractivity contribution in [1.82, 2.24) is 10.2 Å². The van der Waals surface area contributed by atoms with Crippen LogP contribution in [0.4, 0.5) is 0 Å². The van der Waals surface area contributed by atoms with Gasteiger partial charge >= 0.3 is 0 Å². The van der Waals surface area contributed by atoms with Crippen molar-refractivity contribution in [3.05, 3.63) is 0 Å². The summed E-state index contributed by atoms with van der Waals surface area (Å²) in [6.07, 6.45) is 5.66. The lowest BCUT2D eigenvalue weighted by molar-refractivity contribution is 0.0582. The minimum Gasteiger partial charge on any atom is -0.314 e. The van der Waals surface area contributed by atoms with E-state index in [1.54, 1.807) is 0 Å². The zero-order valence-corrected chi connectivity index (χ0v) is 11.4. The van der Waals surface area contributed by atoms with Gasteiger partial charge in [-0.25, -0.2) is 0 Å². The Bertz CT molecular complexity index is 227. The van der Waals surface area contributed by atoms with Gasteiger partial charge in [0.1, 0.15) is 0 Å². The number of hydrogen-bond donors (Lipinski definition) is 1. The molecule has 0 spiro atoms. The van der Waals surface area contributed by atoms with Gasteiger partial charge in [0.05, 0.1) is 0 Å². The molecule has 2 heteroatoms. The van der Waals surface area contributed by atoms with Gasteiger partial charge in [-0.3, -0.25) is 0 Å². The van der Waals surface area contributed by atoms with Crippen molar-refractivity contribution in [2.24, 2.45) is 11.3 Å². The Morgan fingerprint density at radius 3 is 2.25 bits per heavy atom. The SMILES string of the molecule is CN(CC(C)(C)C)C1CCC1CNC1CC1. The second-order valence-corrected chi connectivity index (χ2v) is 7.06. The summed E-state index contributed by atoms with van der Waals surface area (Å²) < 4.78 is 0. The Labute approximate surface area is 101 Å². The monoisotopic (exact) mass is 224 g/mol. The van der Waals surface area contributed by atoms with E-state index in [1.165, 1.54) is 38.8 Å². The summed E-state index contributed by atoms with van der Waals surface area (Å²) in [4.78, 5) is 2.59. The van der Waals surface area contributed by atoms with Crippen LogP contribution in [0.3, 0.4) is 0 Å². The van der Waals surface area contributed by atoms with Gasteiger partial charge in [0, 0.05) is 18.6 Å². The van der Waals surface area contributed by atoms with E-state index < -0.39 is 0 Å². The zero-order valence-electron chi connectivity index (χ0n) is 11.4. The molecule has 2 unspecified atom stereocenters. The van der Waals surface area contributed by atoms with Gasteiger partial charge in [0.25, 0.3) is 0 Å². The summed E-state index contributed by atoms with van der Waals surface area (Å²) in [6, 6.07) is 1.71. The first kappa shape index (κ1) is 12.4. The van der Waals surface area contributed by atoms with Crippen LogP contribution in [0, 0.1) is 11.3 Å². The predicted molar refractivity (Wildman–Crippen MR) is 69.6 cm³/mol. The highest BCUT2D eigenvalue weighted by Gasteiger charge is 2.35. The van der Waals surface area contributed by atoms with Gasteiger partial charge in [-0.05, 0) is 50.6 Å². The van der Waals surface area contributed by atoms with E-state index >= 15 is 0 Å². The van der Waals surface area contributed by atoms with Crippen LogP contribution in [0.25, 0.3) is 0 Å². The summed E-state index contributed by atoms with van der Waals surface area (Å²) in [7, 11) is 2.30. The molecule has 0 amide bonds. The first-order valence-electron chi connectivity index (χ1n) is 6.89. The standard InChI is InChI=1S/C14H28N2/c1-14(2,3)10-16(4)13-8-5-11(13)9-15-12-6-7-12/h11-13,15H,5-10H2,1-4H3. The Morgan fingerprint density at radius 1 is 1.12 bits per heavy atom. The normalized spacial score (nSPS) is 30.6. The fourth-order valence-corrected chi connectivity index (χ4v) is 2.84. The minimum absolute atomic E-state index is 0.429. The summed E-state index contributed by atoms with van der Waals surface area (Å²) in [6.45, 7) is 9.47. The molecular weight excluding hydrogens is 196 g/mol. The van der Waals surface area contributed by atoms with E-state index in [4.69, 9.17) is 0 Å². The molecule has 0 aromatic rings. The lowest BCUT2D eigenvalue weighted by atomic mass is 9.77. The molecule has 0 bridgehead atoms. The van der Waals surface area contributed by atoms with Gasteiger partial charge in [0.15, 0.2) is 0 Å². The van der Waals surface area contributed by atoms with Crippen LogP contribution < -0.4 is 5.32 Å². The average molecular weight is 224 g/mol. The molecule has 0 aliphatic heterocycles. The molecule has 2 aliphatic carbocycles. The Balaban J connectivity index is 1.71. The van der Waals surface area contributed by atoms with Crippen molar-refractivity contribution in [3.63, 3.8) is 0 Å². The number of rotatable bonds is 5. The largest absolute Gasteiger partial charge is 0.314 e. The van der Waals surface area contributed by atoms with Gasteiger partial charge in [0.2, 0.25) is 0 Å². The highest BCUT2D eigenvalue weighted by molar-refractivity contribution is 4.92. The Kier molecular flexibility index (Phi) is 3.60. The third-order valence-corrected chi connectivity index (χ3v) is 3.91. The van der Waals surface area contributed by atoms with Crippen LogP contribution in [-0.4, -0.2) is 37.1 Å². The molecule has 1 N–H and O–H groups in total. The van der Waals surface area contributed by atoms with Crippen LogP contribution in [0.1, 0.15) is 46.5 Å². The molecule has 16 heavy (non-hydrogen) atoms. The first-order chi connectivity index (χ1) is 7.46. The van der Waals surface area contributed by atoms with E-state index in [0.29, 0.717) is 5.41 Å². The van der Waals surface area contributed by atoms with Crippen molar-refractivity contribution in [3.8, 4) is 0 Å². The van der Waals surface area contributed by atoms with Crippen LogP contribution in [0.15, 0.2) is 0 Å².